The lowest BCUT2D eigenvalue weighted by molar-refractivity contribution is -0.387. The van der Waals surface area contributed by atoms with Crippen LogP contribution >= 0.6 is 0 Å². The molecule has 0 radical (unpaired) electrons. The highest BCUT2D eigenvalue weighted by atomic mass is 16.6. The first-order chi connectivity index (χ1) is 10.0. The van der Waals surface area contributed by atoms with Gasteiger partial charge in [0.25, 0.3) is 5.88 Å². The number of nitrogens with zero attached hydrogens (tertiary/aromatic N) is 2. The van der Waals surface area contributed by atoms with E-state index in [1.54, 1.807) is 30.3 Å². The fourth-order valence-electron chi connectivity index (χ4n) is 1.69. The molecule has 0 atom stereocenters. The highest BCUT2D eigenvalue weighted by molar-refractivity contribution is 5.70. The van der Waals surface area contributed by atoms with Crippen molar-refractivity contribution in [2.45, 2.75) is 0 Å². The maximum absolute atomic E-state index is 11.5. The molecular weight excluding hydrogens is 278 g/mol. The number of aromatic hydroxyl groups is 1. The predicted molar refractivity (Wildman–Crippen MR) is 75.1 cm³/mol. The minimum absolute atomic E-state index is 0.00555. The van der Waals surface area contributed by atoms with Crippen molar-refractivity contribution in [3.63, 3.8) is 0 Å². The van der Waals surface area contributed by atoms with Crippen LogP contribution in [0.25, 0.3) is 12.2 Å². The monoisotopic (exact) mass is 289 g/mol. The Morgan fingerprint density at radius 1 is 1.38 bits per heavy atom. The molecule has 0 aliphatic carbocycles. The second-order valence-electron chi connectivity index (χ2n) is 3.96. The number of benzene rings is 1. The van der Waals surface area contributed by atoms with Gasteiger partial charge in [0, 0.05) is 5.56 Å². The summed E-state index contributed by atoms with van der Waals surface area (Å²) in [7, 11) is 1.52. The lowest BCUT2D eigenvalue weighted by Gasteiger charge is -2.03. The van der Waals surface area contributed by atoms with E-state index in [0.717, 1.165) is 5.56 Å². The quantitative estimate of drug-likeness (QED) is 0.651. The molecule has 0 fully saturated rings. The number of aromatic nitrogens is 2. The molecule has 0 spiro atoms. The van der Waals surface area contributed by atoms with Crippen molar-refractivity contribution < 1.29 is 14.8 Å². The molecule has 0 aliphatic heterocycles. The first-order valence-electron chi connectivity index (χ1n) is 5.81. The standard InChI is InChI=1S/C13H11N3O5/c1-21-9-5-3-2-4-8(9)6-7-10-14-12(17)11(16(19)20)13(18)15-10/h2-7H,1H3,(H2,14,15,17,18)/b7-6+. The van der Waals surface area contributed by atoms with Gasteiger partial charge in [-0.05, 0) is 18.2 Å². The molecular formula is C13H11N3O5. The summed E-state index contributed by atoms with van der Waals surface area (Å²) in [6.07, 6.45) is 3.01. The second-order valence-corrected chi connectivity index (χ2v) is 3.96. The highest BCUT2D eigenvalue weighted by Crippen LogP contribution is 2.20. The number of nitrogens with one attached hydrogen (secondary N) is 1. The van der Waals surface area contributed by atoms with Gasteiger partial charge in [0.15, 0.2) is 0 Å². The van der Waals surface area contributed by atoms with Crippen molar-refractivity contribution in [1.82, 2.24) is 9.97 Å². The number of aromatic amines is 1. The summed E-state index contributed by atoms with van der Waals surface area (Å²) in [6, 6.07) is 7.13. The average Bonchev–Trinajstić information content (AvgIpc) is 2.44. The summed E-state index contributed by atoms with van der Waals surface area (Å²) < 4.78 is 5.15. The second kappa shape index (κ2) is 5.87. The Kier molecular flexibility index (Phi) is 3.98. The predicted octanol–water partition coefficient (Wildman–Crippen LogP) is 1.56. The zero-order valence-corrected chi connectivity index (χ0v) is 10.9. The van der Waals surface area contributed by atoms with Crippen LogP contribution < -0.4 is 10.3 Å². The third-order valence-corrected chi connectivity index (χ3v) is 2.64. The van der Waals surface area contributed by atoms with Crippen LogP contribution in [0.1, 0.15) is 11.4 Å². The topological polar surface area (TPSA) is 118 Å². The van der Waals surface area contributed by atoms with Gasteiger partial charge < -0.3 is 14.8 Å². The maximum Gasteiger partial charge on any atom is 0.395 e. The van der Waals surface area contributed by atoms with E-state index in [-0.39, 0.29) is 5.82 Å². The third-order valence-electron chi connectivity index (χ3n) is 2.64. The Balaban J connectivity index is 2.38. The van der Waals surface area contributed by atoms with E-state index in [9.17, 15) is 20.0 Å². The number of H-pyrrole nitrogens is 1. The van der Waals surface area contributed by atoms with Crippen molar-refractivity contribution in [3.05, 3.63) is 56.1 Å². The van der Waals surface area contributed by atoms with E-state index in [4.69, 9.17) is 4.74 Å². The number of para-hydroxylation sites is 1. The fourth-order valence-corrected chi connectivity index (χ4v) is 1.69. The van der Waals surface area contributed by atoms with Gasteiger partial charge >= 0.3 is 11.2 Å². The normalized spacial score (nSPS) is 10.7. The molecule has 2 rings (SSSR count). The molecule has 0 amide bonds. The largest absolute Gasteiger partial charge is 0.496 e. The van der Waals surface area contributed by atoms with E-state index in [2.05, 4.69) is 9.97 Å². The van der Waals surface area contributed by atoms with Gasteiger partial charge in [0.1, 0.15) is 11.6 Å². The van der Waals surface area contributed by atoms with Crippen molar-refractivity contribution in [3.8, 4) is 11.6 Å². The van der Waals surface area contributed by atoms with Crippen molar-refractivity contribution in [2.75, 3.05) is 7.11 Å². The van der Waals surface area contributed by atoms with Gasteiger partial charge in [-0.25, -0.2) is 0 Å². The van der Waals surface area contributed by atoms with Gasteiger partial charge in [-0.15, -0.1) is 0 Å². The molecule has 0 saturated heterocycles. The van der Waals surface area contributed by atoms with Crippen LogP contribution in [0.3, 0.4) is 0 Å². The molecule has 0 unspecified atom stereocenters. The summed E-state index contributed by atoms with van der Waals surface area (Å²) in [5.41, 5.74) is -1.28. The van der Waals surface area contributed by atoms with E-state index < -0.39 is 22.0 Å². The van der Waals surface area contributed by atoms with Crippen molar-refractivity contribution in [1.29, 1.82) is 0 Å². The summed E-state index contributed by atoms with van der Waals surface area (Å²) in [6.45, 7) is 0. The molecule has 8 heteroatoms. The lowest BCUT2D eigenvalue weighted by atomic mass is 10.2. The number of methoxy groups -OCH3 is 1. The SMILES string of the molecule is COc1ccccc1/C=C/c1nc(O)c([N+](=O)[O-])c(=O)[nH]1. The van der Waals surface area contributed by atoms with Crippen LogP contribution in [-0.2, 0) is 0 Å². The Labute approximate surface area is 118 Å². The Hall–Kier alpha value is -3.16. The molecule has 108 valence electrons. The summed E-state index contributed by atoms with van der Waals surface area (Å²) in [5.74, 6) is -0.320. The van der Waals surface area contributed by atoms with Crippen molar-refractivity contribution in [2.24, 2.45) is 0 Å². The van der Waals surface area contributed by atoms with Gasteiger partial charge in [0.05, 0.1) is 12.0 Å². The number of hydrogen-bond donors (Lipinski definition) is 2. The molecule has 0 aliphatic rings. The van der Waals surface area contributed by atoms with Gasteiger partial charge in [-0.2, -0.15) is 4.98 Å². The minimum atomic E-state index is -1.02. The van der Waals surface area contributed by atoms with Crippen LogP contribution in [-0.4, -0.2) is 27.1 Å². The van der Waals surface area contributed by atoms with Gasteiger partial charge in [0.2, 0.25) is 0 Å². The van der Waals surface area contributed by atoms with Crippen LogP contribution in [0.5, 0.6) is 11.6 Å². The molecule has 0 bridgehead atoms. The fraction of sp³-hybridized carbons (Fsp3) is 0.0769. The Morgan fingerprint density at radius 2 is 2.10 bits per heavy atom. The molecule has 0 saturated carbocycles. The van der Waals surface area contributed by atoms with Gasteiger partial charge in [-0.1, -0.05) is 18.2 Å². The molecule has 2 aromatic rings. The number of ether oxygens (including phenoxy) is 1. The molecule has 1 aromatic heterocycles. The van der Waals surface area contributed by atoms with Crippen LogP contribution in [0.15, 0.2) is 29.1 Å². The first kappa shape index (κ1) is 14.3. The van der Waals surface area contributed by atoms with Crippen LogP contribution in [0, 0.1) is 10.1 Å². The zero-order valence-electron chi connectivity index (χ0n) is 10.9. The zero-order chi connectivity index (χ0) is 15.4. The smallest absolute Gasteiger partial charge is 0.395 e. The lowest BCUT2D eigenvalue weighted by Crippen LogP contribution is -2.14. The van der Waals surface area contributed by atoms with Crippen molar-refractivity contribution >= 4 is 17.8 Å². The molecule has 1 aromatic carbocycles. The van der Waals surface area contributed by atoms with Gasteiger partial charge in [-0.3, -0.25) is 14.9 Å². The molecule has 21 heavy (non-hydrogen) atoms. The number of rotatable bonds is 4. The Morgan fingerprint density at radius 3 is 2.71 bits per heavy atom. The summed E-state index contributed by atoms with van der Waals surface area (Å²) >= 11 is 0. The summed E-state index contributed by atoms with van der Waals surface area (Å²) in [5, 5.41) is 20.0. The highest BCUT2D eigenvalue weighted by Gasteiger charge is 2.21. The first-order valence-corrected chi connectivity index (χ1v) is 5.81. The average molecular weight is 289 g/mol. The Bertz CT molecular complexity index is 767. The van der Waals surface area contributed by atoms with E-state index in [1.165, 1.54) is 13.2 Å². The van der Waals surface area contributed by atoms with Crippen LogP contribution in [0.4, 0.5) is 5.69 Å². The molecule has 2 N–H and O–H groups in total. The van der Waals surface area contributed by atoms with E-state index >= 15 is 0 Å². The number of nitro groups is 1. The molecule has 1 heterocycles. The maximum atomic E-state index is 11.5. The number of hydrogen-bond acceptors (Lipinski definition) is 6. The van der Waals surface area contributed by atoms with E-state index in [1.807, 2.05) is 0 Å². The molecule has 8 nitrogen and oxygen atoms in total. The minimum Gasteiger partial charge on any atom is -0.496 e. The summed E-state index contributed by atoms with van der Waals surface area (Å²) in [4.78, 5) is 26.8. The third kappa shape index (κ3) is 3.06. The van der Waals surface area contributed by atoms with Crippen LogP contribution in [0.2, 0.25) is 0 Å². The van der Waals surface area contributed by atoms with E-state index in [0.29, 0.717) is 5.75 Å².